The summed E-state index contributed by atoms with van der Waals surface area (Å²) in [6.07, 6.45) is 3.39. The van der Waals surface area contributed by atoms with E-state index in [0.717, 1.165) is 28.5 Å². The first-order valence-electron chi connectivity index (χ1n) is 10.5. The van der Waals surface area contributed by atoms with Crippen LogP contribution in [0.2, 0.25) is 0 Å². The first kappa shape index (κ1) is 21.3. The molecule has 2 aromatic carbocycles. The second kappa shape index (κ2) is 9.05. The van der Waals surface area contributed by atoms with Crippen molar-refractivity contribution >= 4 is 17.5 Å². The molecule has 32 heavy (non-hydrogen) atoms. The highest BCUT2D eigenvalue weighted by atomic mass is 16.2. The molecule has 0 atom stereocenters. The molecule has 1 aliphatic carbocycles. The average Bonchev–Trinajstić information content (AvgIpc) is 3.59. The molecule has 1 saturated carbocycles. The Morgan fingerprint density at radius 2 is 1.78 bits per heavy atom. The first-order chi connectivity index (χ1) is 15.4. The number of nitrogens with zero attached hydrogens (tertiary/aromatic N) is 2. The molecule has 4 rings (SSSR count). The van der Waals surface area contributed by atoms with Crippen LogP contribution in [0.3, 0.4) is 0 Å². The van der Waals surface area contributed by atoms with E-state index in [1.807, 2.05) is 30.3 Å². The van der Waals surface area contributed by atoms with E-state index in [9.17, 15) is 19.2 Å². The fraction of sp³-hybridized carbons (Fsp3) is 0.250. The van der Waals surface area contributed by atoms with Crippen molar-refractivity contribution in [3.8, 4) is 0 Å². The van der Waals surface area contributed by atoms with Gasteiger partial charge in [-0.1, -0.05) is 36.4 Å². The number of anilines is 1. The molecule has 0 aliphatic heterocycles. The van der Waals surface area contributed by atoms with E-state index in [4.69, 9.17) is 0 Å². The van der Waals surface area contributed by atoms with E-state index in [0.29, 0.717) is 17.8 Å². The number of carbonyl (C=O) groups excluding carboxylic acids is 2. The van der Waals surface area contributed by atoms with E-state index in [2.05, 4.69) is 10.6 Å². The summed E-state index contributed by atoms with van der Waals surface area (Å²) >= 11 is 0. The van der Waals surface area contributed by atoms with Crippen LogP contribution in [0.15, 0.2) is 70.4 Å². The average molecular weight is 432 g/mol. The van der Waals surface area contributed by atoms with Crippen LogP contribution in [0.4, 0.5) is 5.69 Å². The van der Waals surface area contributed by atoms with Crippen LogP contribution in [0, 0.1) is 6.92 Å². The van der Waals surface area contributed by atoms with Crippen molar-refractivity contribution in [1.29, 1.82) is 0 Å². The molecule has 1 aliphatic rings. The summed E-state index contributed by atoms with van der Waals surface area (Å²) in [7, 11) is 0. The molecule has 0 saturated heterocycles. The Hall–Kier alpha value is -3.94. The van der Waals surface area contributed by atoms with Crippen LogP contribution in [0.25, 0.3) is 0 Å². The Morgan fingerprint density at radius 3 is 2.50 bits per heavy atom. The highest BCUT2D eigenvalue weighted by Gasteiger charge is 2.24. The number of nitrogens with one attached hydrogen (secondary N) is 2. The standard InChI is InChI=1S/C24H24N4O4/c1-16-7-8-18(23(31)25-19-9-10-19)13-20(16)26-21(29)15-28-22(30)11-12-27(24(28)32)14-17-5-3-2-4-6-17/h2-8,11-13,19H,9-10,14-15H2,1H3,(H,25,31)(H,26,29). The minimum atomic E-state index is -0.564. The zero-order valence-electron chi connectivity index (χ0n) is 17.7. The molecule has 8 heteroatoms. The number of aryl methyl sites for hydroxylation is 1. The number of rotatable bonds is 7. The van der Waals surface area contributed by atoms with Crippen molar-refractivity contribution in [3.63, 3.8) is 0 Å². The van der Waals surface area contributed by atoms with Crippen LogP contribution in [-0.2, 0) is 17.9 Å². The summed E-state index contributed by atoms with van der Waals surface area (Å²) in [5.74, 6) is -0.712. The summed E-state index contributed by atoms with van der Waals surface area (Å²) < 4.78 is 2.29. The minimum Gasteiger partial charge on any atom is -0.349 e. The van der Waals surface area contributed by atoms with E-state index in [1.165, 1.54) is 16.8 Å². The van der Waals surface area contributed by atoms with Gasteiger partial charge in [0.15, 0.2) is 0 Å². The topological polar surface area (TPSA) is 102 Å². The molecule has 1 aromatic heterocycles. The maximum Gasteiger partial charge on any atom is 0.331 e. The predicted molar refractivity (Wildman–Crippen MR) is 121 cm³/mol. The number of carbonyl (C=O) groups is 2. The van der Waals surface area contributed by atoms with E-state index in [-0.39, 0.29) is 11.9 Å². The van der Waals surface area contributed by atoms with E-state index < -0.39 is 23.7 Å². The van der Waals surface area contributed by atoms with Crippen LogP contribution in [-0.4, -0.2) is 27.0 Å². The Kier molecular flexibility index (Phi) is 6.02. The molecular formula is C24H24N4O4. The highest BCUT2D eigenvalue weighted by Crippen LogP contribution is 2.21. The number of hydrogen-bond acceptors (Lipinski definition) is 4. The molecule has 0 bridgehead atoms. The van der Waals surface area contributed by atoms with Crippen molar-refractivity contribution in [2.75, 3.05) is 5.32 Å². The van der Waals surface area contributed by atoms with Crippen LogP contribution in [0.5, 0.6) is 0 Å². The van der Waals surface area contributed by atoms with E-state index >= 15 is 0 Å². The molecule has 0 unspecified atom stereocenters. The maximum atomic E-state index is 12.8. The number of benzene rings is 2. The molecule has 0 spiro atoms. The lowest BCUT2D eigenvalue weighted by atomic mass is 10.1. The Labute approximate surface area is 184 Å². The summed E-state index contributed by atoms with van der Waals surface area (Å²) in [6.45, 7) is 1.67. The van der Waals surface area contributed by atoms with Gasteiger partial charge in [0, 0.05) is 29.6 Å². The summed E-state index contributed by atoms with van der Waals surface area (Å²) in [5.41, 5.74) is 1.46. The third-order valence-corrected chi connectivity index (χ3v) is 5.32. The number of hydrogen-bond donors (Lipinski definition) is 2. The summed E-state index contributed by atoms with van der Waals surface area (Å²) in [5, 5.41) is 5.63. The van der Waals surface area contributed by atoms with Crippen molar-refractivity contribution < 1.29 is 9.59 Å². The van der Waals surface area contributed by atoms with Gasteiger partial charge in [-0.3, -0.25) is 23.5 Å². The fourth-order valence-corrected chi connectivity index (χ4v) is 3.33. The molecule has 164 valence electrons. The van der Waals surface area contributed by atoms with Gasteiger partial charge < -0.3 is 10.6 Å². The van der Waals surface area contributed by atoms with Gasteiger partial charge in [-0.2, -0.15) is 0 Å². The Balaban J connectivity index is 1.50. The van der Waals surface area contributed by atoms with Crippen molar-refractivity contribution in [2.24, 2.45) is 0 Å². The molecule has 1 heterocycles. The monoisotopic (exact) mass is 432 g/mol. The Bertz CT molecular complexity index is 1270. The first-order valence-corrected chi connectivity index (χ1v) is 10.5. The van der Waals surface area contributed by atoms with E-state index in [1.54, 1.807) is 25.1 Å². The van der Waals surface area contributed by atoms with Gasteiger partial charge in [-0.25, -0.2) is 4.79 Å². The number of aromatic nitrogens is 2. The van der Waals surface area contributed by atoms with Gasteiger partial charge in [-0.05, 0) is 43.0 Å². The van der Waals surface area contributed by atoms with Gasteiger partial charge in [0.25, 0.3) is 11.5 Å². The second-order valence-corrected chi connectivity index (χ2v) is 7.96. The minimum absolute atomic E-state index is 0.189. The third-order valence-electron chi connectivity index (χ3n) is 5.32. The zero-order valence-corrected chi connectivity index (χ0v) is 17.7. The smallest absolute Gasteiger partial charge is 0.331 e. The van der Waals surface area contributed by atoms with Crippen LogP contribution < -0.4 is 21.9 Å². The molecular weight excluding hydrogens is 408 g/mol. The van der Waals surface area contributed by atoms with Crippen LogP contribution >= 0.6 is 0 Å². The second-order valence-electron chi connectivity index (χ2n) is 7.96. The molecule has 3 aromatic rings. The van der Waals surface area contributed by atoms with Crippen LogP contribution in [0.1, 0.15) is 34.3 Å². The predicted octanol–water partition coefficient (Wildman–Crippen LogP) is 1.90. The summed E-state index contributed by atoms with van der Waals surface area (Å²) in [4.78, 5) is 50.0. The fourth-order valence-electron chi connectivity index (χ4n) is 3.33. The molecule has 1 fully saturated rings. The lowest BCUT2D eigenvalue weighted by Crippen LogP contribution is -2.41. The highest BCUT2D eigenvalue weighted by molar-refractivity contribution is 5.98. The number of amides is 2. The largest absolute Gasteiger partial charge is 0.349 e. The maximum absolute atomic E-state index is 12.8. The lowest BCUT2D eigenvalue weighted by molar-refractivity contribution is -0.116. The van der Waals surface area contributed by atoms with Gasteiger partial charge in [0.2, 0.25) is 5.91 Å². The normalized spacial score (nSPS) is 12.9. The SMILES string of the molecule is Cc1ccc(C(=O)NC2CC2)cc1NC(=O)Cn1c(=O)ccn(Cc2ccccc2)c1=O. The van der Waals surface area contributed by atoms with Crippen molar-refractivity contribution in [3.05, 3.63) is 98.3 Å². The molecule has 0 radical (unpaired) electrons. The van der Waals surface area contributed by atoms with Crippen molar-refractivity contribution in [1.82, 2.24) is 14.5 Å². The Morgan fingerprint density at radius 1 is 1.03 bits per heavy atom. The van der Waals surface area contributed by atoms with Gasteiger partial charge in [-0.15, -0.1) is 0 Å². The molecule has 2 amide bonds. The van der Waals surface area contributed by atoms with Crippen molar-refractivity contribution in [2.45, 2.75) is 38.9 Å². The van der Waals surface area contributed by atoms with Gasteiger partial charge in [0.1, 0.15) is 6.54 Å². The van der Waals surface area contributed by atoms with Gasteiger partial charge >= 0.3 is 5.69 Å². The molecule has 8 nitrogen and oxygen atoms in total. The third kappa shape index (κ3) is 5.03. The van der Waals surface area contributed by atoms with Gasteiger partial charge in [0.05, 0.1) is 6.54 Å². The summed E-state index contributed by atoms with van der Waals surface area (Å²) in [6, 6.07) is 15.9. The zero-order chi connectivity index (χ0) is 22.7. The quantitative estimate of drug-likeness (QED) is 0.595. The lowest BCUT2D eigenvalue weighted by Gasteiger charge is -2.13. The molecule has 2 N–H and O–H groups in total.